The van der Waals surface area contributed by atoms with E-state index in [0.29, 0.717) is 22.8 Å². The molecule has 1 saturated heterocycles. The molecule has 1 aliphatic heterocycles. The lowest BCUT2D eigenvalue weighted by Gasteiger charge is -2.32. The smallest absolute Gasteiger partial charge is 0.255 e. The second kappa shape index (κ2) is 5.61. The van der Waals surface area contributed by atoms with Crippen LogP contribution in [0.3, 0.4) is 0 Å². The van der Waals surface area contributed by atoms with Crippen molar-refractivity contribution < 1.29 is 4.79 Å². The topological polar surface area (TPSA) is 72.1 Å². The molecule has 1 aliphatic rings. The molecule has 0 aromatic carbocycles. The highest BCUT2D eigenvalue weighted by Crippen LogP contribution is 2.19. The third-order valence-corrected chi connectivity index (χ3v) is 3.78. The Balaban J connectivity index is 2.19. The summed E-state index contributed by atoms with van der Waals surface area (Å²) in [4.78, 5) is 14.8. The number of aromatic nitrogens is 2. The number of nitrogens with two attached hydrogens (primary N) is 1. The van der Waals surface area contributed by atoms with Crippen LogP contribution in [-0.2, 0) is 0 Å². The van der Waals surface area contributed by atoms with E-state index >= 15 is 0 Å². The SMILES string of the molecule is Cc1cc(C(=O)N2CCCC(C(N)=S)C2)c(C)nn1. The van der Waals surface area contributed by atoms with Gasteiger partial charge in [-0.1, -0.05) is 12.2 Å². The van der Waals surface area contributed by atoms with Crippen molar-refractivity contribution in [2.75, 3.05) is 13.1 Å². The van der Waals surface area contributed by atoms with Crippen LogP contribution in [0.15, 0.2) is 6.07 Å². The quantitative estimate of drug-likeness (QED) is 0.824. The molecular weight excluding hydrogens is 260 g/mol. The fourth-order valence-corrected chi connectivity index (χ4v) is 2.52. The molecule has 0 radical (unpaired) electrons. The van der Waals surface area contributed by atoms with Crippen molar-refractivity contribution in [1.29, 1.82) is 0 Å². The molecule has 1 amide bonds. The molecule has 2 heterocycles. The zero-order valence-electron chi connectivity index (χ0n) is 11.2. The zero-order chi connectivity index (χ0) is 14.0. The molecule has 102 valence electrons. The van der Waals surface area contributed by atoms with Crippen molar-refractivity contribution >= 4 is 23.1 Å². The van der Waals surface area contributed by atoms with Gasteiger partial charge in [-0.3, -0.25) is 4.79 Å². The maximum atomic E-state index is 12.5. The van der Waals surface area contributed by atoms with E-state index in [2.05, 4.69) is 10.2 Å². The van der Waals surface area contributed by atoms with Gasteiger partial charge in [-0.2, -0.15) is 10.2 Å². The largest absolute Gasteiger partial charge is 0.393 e. The maximum absolute atomic E-state index is 12.5. The molecule has 6 heteroatoms. The Kier molecular flexibility index (Phi) is 4.09. The van der Waals surface area contributed by atoms with Crippen LogP contribution in [0.25, 0.3) is 0 Å². The van der Waals surface area contributed by atoms with Gasteiger partial charge in [-0.25, -0.2) is 0 Å². The molecule has 0 spiro atoms. The molecule has 0 saturated carbocycles. The Labute approximate surface area is 118 Å². The number of piperidine rings is 1. The van der Waals surface area contributed by atoms with E-state index in [9.17, 15) is 4.79 Å². The van der Waals surface area contributed by atoms with Crippen LogP contribution in [0.1, 0.15) is 34.6 Å². The predicted octanol–water partition coefficient (Wildman–Crippen LogP) is 1.23. The Hall–Kier alpha value is -1.56. The minimum absolute atomic E-state index is 0.00329. The first-order chi connectivity index (χ1) is 8.99. The summed E-state index contributed by atoms with van der Waals surface area (Å²) < 4.78 is 0. The summed E-state index contributed by atoms with van der Waals surface area (Å²) in [7, 11) is 0. The van der Waals surface area contributed by atoms with E-state index in [-0.39, 0.29) is 11.8 Å². The van der Waals surface area contributed by atoms with Gasteiger partial charge in [0.1, 0.15) is 0 Å². The van der Waals surface area contributed by atoms with Crippen molar-refractivity contribution in [1.82, 2.24) is 15.1 Å². The number of amides is 1. The Morgan fingerprint density at radius 1 is 1.47 bits per heavy atom. The number of thiocarbonyl (C=S) groups is 1. The van der Waals surface area contributed by atoms with Gasteiger partial charge in [0.2, 0.25) is 0 Å². The highest BCUT2D eigenvalue weighted by molar-refractivity contribution is 7.80. The average molecular weight is 278 g/mol. The summed E-state index contributed by atoms with van der Waals surface area (Å²) in [6.45, 7) is 4.99. The third-order valence-electron chi connectivity index (χ3n) is 3.44. The van der Waals surface area contributed by atoms with Gasteiger partial charge < -0.3 is 10.6 Å². The molecule has 19 heavy (non-hydrogen) atoms. The molecule has 1 fully saturated rings. The van der Waals surface area contributed by atoms with Crippen molar-refractivity contribution in [3.05, 3.63) is 23.0 Å². The van der Waals surface area contributed by atoms with Crippen LogP contribution in [0.5, 0.6) is 0 Å². The highest BCUT2D eigenvalue weighted by Gasteiger charge is 2.27. The number of hydrogen-bond donors (Lipinski definition) is 1. The van der Waals surface area contributed by atoms with Gasteiger partial charge in [0.15, 0.2) is 0 Å². The number of likely N-dealkylation sites (tertiary alicyclic amines) is 1. The van der Waals surface area contributed by atoms with E-state index in [4.69, 9.17) is 18.0 Å². The summed E-state index contributed by atoms with van der Waals surface area (Å²) in [5.74, 6) is 0.125. The number of nitrogens with zero attached hydrogens (tertiary/aromatic N) is 3. The van der Waals surface area contributed by atoms with Crippen LogP contribution in [0.2, 0.25) is 0 Å². The first-order valence-corrected chi connectivity index (χ1v) is 6.79. The summed E-state index contributed by atoms with van der Waals surface area (Å²) in [5.41, 5.74) is 7.72. The van der Waals surface area contributed by atoms with Crippen LogP contribution in [0.4, 0.5) is 0 Å². The maximum Gasteiger partial charge on any atom is 0.255 e. The normalized spacial score (nSPS) is 19.3. The first-order valence-electron chi connectivity index (χ1n) is 6.38. The van der Waals surface area contributed by atoms with Gasteiger partial charge in [0.25, 0.3) is 5.91 Å². The standard InChI is InChI=1S/C13H18N4OS/c1-8-6-11(9(2)16-15-8)13(18)17-5-3-4-10(7-17)12(14)19/h6,10H,3-5,7H2,1-2H3,(H2,14,19). The van der Waals surface area contributed by atoms with E-state index in [0.717, 1.165) is 25.1 Å². The van der Waals surface area contributed by atoms with Crippen LogP contribution < -0.4 is 5.73 Å². The molecule has 2 rings (SSSR count). The minimum atomic E-state index is -0.00329. The van der Waals surface area contributed by atoms with Crippen LogP contribution in [0, 0.1) is 19.8 Å². The molecule has 5 nitrogen and oxygen atoms in total. The first kappa shape index (κ1) is 13.9. The molecule has 1 aromatic rings. The lowest BCUT2D eigenvalue weighted by Crippen LogP contribution is -2.43. The number of carbonyl (C=O) groups excluding carboxylic acids is 1. The molecule has 0 bridgehead atoms. The fourth-order valence-electron chi connectivity index (χ4n) is 2.33. The number of aryl methyl sites for hydroxylation is 2. The number of rotatable bonds is 2. The lowest BCUT2D eigenvalue weighted by molar-refractivity contribution is 0.0702. The van der Waals surface area contributed by atoms with Crippen molar-refractivity contribution in [3.63, 3.8) is 0 Å². The van der Waals surface area contributed by atoms with E-state index < -0.39 is 0 Å². The summed E-state index contributed by atoms with van der Waals surface area (Å²) in [5, 5.41) is 7.95. The molecular formula is C13H18N4OS. The number of carbonyl (C=O) groups is 1. The predicted molar refractivity (Wildman–Crippen MR) is 76.9 cm³/mol. The molecule has 1 unspecified atom stereocenters. The Morgan fingerprint density at radius 2 is 2.21 bits per heavy atom. The van der Waals surface area contributed by atoms with E-state index in [1.165, 1.54) is 0 Å². The highest BCUT2D eigenvalue weighted by atomic mass is 32.1. The van der Waals surface area contributed by atoms with Gasteiger partial charge in [-0.05, 0) is 32.8 Å². The minimum Gasteiger partial charge on any atom is -0.393 e. The van der Waals surface area contributed by atoms with Crippen molar-refractivity contribution in [2.45, 2.75) is 26.7 Å². The van der Waals surface area contributed by atoms with Gasteiger partial charge in [0.05, 0.1) is 21.9 Å². The summed E-state index contributed by atoms with van der Waals surface area (Å²) in [6.07, 6.45) is 1.90. The van der Waals surface area contributed by atoms with Gasteiger partial charge >= 0.3 is 0 Å². The third kappa shape index (κ3) is 3.07. The number of hydrogen-bond acceptors (Lipinski definition) is 4. The molecule has 2 N–H and O–H groups in total. The Morgan fingerprint density at radius 3 is 2.89 bits per heavy atom. The lowest BCUT2D eigenvalue weighted by atomic mass is 9.97. The average Bonchev–Trinajstić information content (AvgIpc) is 2.41. The van der Waals surface area contributed by atoms with Crippen molar-refractivity contribution in [2.24, 2.45) is 11.7 Å². The van der Waals surface area contributed by atoms with Gasteiger partial charge in [0, 0.05) is 19.0 Å². The van der Waals surface area contributed by atoms with E-state index in [1.54, 1.807) is 13.0 Å². The molecule has 1 aromatic heterocycles. The van der Waals surface area contributed by atoms with E-state index in [1.807, 2.05) is 11.8 Å². The van der Waals surface area contributed by atoms with Crippen LogP contribution in [-0.4, -0.2) is 39.1 Å². The Bertz CT molecular complexity index is 517. The second-order valence-electron chi connectivity index (χ2n) is 4.98. The van der Waals surface area contributed by atoms with Crippen molar-refractivity contribution in [3.8, 4) is 0 Å². The molecule has 0 aliphatic carbocycles. The zero-order valence-corrected chi connectivity index (χ0v) is 12.0. The van der Waals surface area contributed by atoms with Crippen LogP contribution >= 0.6 is 12.2 Å². The summed E-state index contributed by atoms with van der Waals surface area (Å²) in [6, 6.07) is 1.79. The monoisotopic (exact) mass is 278 g/mol. The fraction of sp³-hybridized carbons (Fsp3) is 0.538. The summed E-state index contributed by atoms with van der Waals surface area (Å²) >= 11 is 5.04. The molecule has 1 atom stereocenters. The van der Waals surface area contributed by atoms with Gasteiger partial charge in [-0.15, -0.1) is 0 Å². The second-order valence-corrected chi connectivity index (χ2v) is 5.45.